The lowest BCUT2D eigenvalue weighted by Crippen LogP contribution is -2.10. The Morgan fingerprint density at radius 1 is 1.20 bits per heavy atom. The molecule has 0 aliphatic heterocycles. The molecule has 1 heteroatoms. The number of hydrogen-bond acceptors (Lipinski definition) is 1. The second-order valence-corrected chi connectivity index (χ2v) is 6.16. The van der Waals surface area contributed by atoms with E-state index in [4.69, 9.17) is 4.74 Å². The Morgan fingerprint density at radius 3 is 2.25 bits per heavy atom. The van der Waals surface area contributed by atoms with Gasteiger partial charge >= 0.3 is 0 Å². The molecule has 2 rings (SSSR count). The average molecular weight is 276 g/mol. The number of rotatable bonds is 5. The Balaban J connectivity index is 0.000000956. The molecule has 0 aromatic heterocycles. The second kappa shape index (κ2) is 7.15. The highest BCUT2D eigenvalue weighted by Crippen LogP contribution is 2.52. The Morgan fingerprint density at radius 2 is 1.80 bits per heavy atom. The van der Waals surface area contributed by atoms with Crippen LogP contribution in [0.4, 0.5) is 0 Å². The maximum atomic E-state index is 5.76. The van der Waals surface area contributed by atoms with Crippen LogP contribution in [0.2, 0.25) is 0 Å². The number of methoxy groups -OCH3 is 1. The fourth-order valence-corrected chi connectivity index (χ4v) is 2.73. The average Bonchev–Trinajstić information content (AvgIpc) is 3.25. The molecule has 1 aromatic carbocycles. The lowest BCUT2D eigenvalue weighted by atomic mass is 9.84. The molecule has 114 valence electrons. The van der Waals surface area contributed by atoms with E-state index in [1.54, 1.807) is 0 Å². The highest BCUT2D eigenvalue weighted by atomic mass is 16.5. The van der Waals surface area contributed by atoms with E-state index in [9.17, 15) is 0 Å². The van der Waals surface area contributed by atoms with Gasteiger partial charge in [-0.15, -0.1) is 0 Å². The predicted molar refractivity (Wildman–Crippen MR) is 88.8 cm³/mol. The number of hydrogen-bond donors (Lipinski definition) is 0. The molecule has 1 saturated carbocycles. The van der Waals surface area contributed by atoms with Crippen molar-refractivity contribution in [1.29, 1.82) is 0 Å². The van der Waals surface area contributed by atoms with Gasteiger partial charge in [-0.3, -0.25) is 0 Å². The van der Waals surface area contributed by atoms with Gasteiger partial charge < -0.3 is 4.74 Å². The molecule has 0 saturated heterocycles. The van der Waals surface area contributed by atoms with Crippen LogP contribution in [-0.4, -0.2) is 7.11 Å². The molecule has 1 fully saturated rings. The third-order valence-corrected chi connectivity index (χ3v) is 4.89. The Labute approximate surface area is 125 Å². The van der Waals surface area contributed by atoms with Gasteiger partial charge in [0.25, 0.3) is 0 Å². The summed E-state index contributed by atoms with van der Waals surface area (Å²) in [5.41, 5.74) is 3.17. The standard InChI is InChI=1S/C17H26O.C2H6/c1-6-12(2)13(3)14-8-7-9-15(16(14)18-5)17(4)10-11-17;1-2/h7-9,12-13H,6,10-11H2,1-5H3;1-2H3. The van der Waals surface area contributed by atoms with Crippen molar-refractivity contribution in [2.45, 2.75) is 72.1 Å². The maximum absolute atomic E-state index is 5.76. The molecule has 1 nitrogen and oxygen atoms in total. The van der Waals surface area contributed by atoms with Crippen molar-refractivity contribution < 1.29 is 4.74 Å². The molecule has 20 heavy (non-hydrogen) atoms. The normalized spacial score (nSPS) is 18.6. The number of ether oxygens (including phenoxy) is 1. The Bertz CT molecular complexity index is 418. The largest absolute Gasteiger partial charge is 0.496 e. The minimum absolute atomic E-state index is 0.372. The van der Waals surface area contributed by atoms with Crippen molar-refractivity contribution in [2.24, 2.45) is 5.92 Å². The van der Waals surface area contributed by atoms with Gasteiger partial charge in [0.1, 0.15) is 5.75 Å². The van der Waals surface area contributed by atoms with Gasteiger partial charge in [0, 0.05) is 5.56 Å². The molecule has 0 N–H and O–H groups in total. The van der Waals surface area contributed by atoms with Crippen LogP contribution in [0.3, 0.4) is 0 Å². The zero-order valence-corrected chi connectivity index (χ0v) is 14.4. The van der Waals surface area contributed by atoms with Gasteiger partial charge in [-0.2, -0.15) is 0 Å². The molecule has 0 radical (unpaired) electrons. The summed E-state index contributed by atoms with van der Waals surface area (Å²) >= 11 is 0. The first-order valence-corrected chi connectivity index (χ1v) is 8.21. The minimum atomic E-state index is 0.372. The molecule has 1 aliphatic rings. The van der Waals surface area contributed by atoms with Gasteiger partial charge in [0.15, 0.2) is 0 Å². The summed E-state index contributed by atoms with van der Waals surface area (Å²) in [5.74, 6) is 2.40. The van der Waals surface area contributed by atoms with Gasteiger partial charge in [-0.1, -0.05) is 66.2 Å². The van der Waals surface area contributed by atoms with Crippen LogP contribution in [0.1, 0.15) is 77.8 Å². The van der Waals surface area contributed by atoms with Crippen LogP contribution >= 0.6 is 0 Å². The van der Waals surface area contributed by atoms with E-state index in [2.05, 4.69) is 45.9 Å². The van der Waals surface area contributed by atoms with Crippen LogP contribution in [0.15, 0.2) is 18.2 Å². The van der Waals surface area contributed by atoms with E-state index in [1.807, 2.05) is 21.0 Å². The molecule has 1 aromatic rings. The first-order valence-electron chi connectivity index (χ1n) is 8.21. The molecular weight excluding hydrogens is 244 g/mol. The summed E-state index contributed by atoms with van der Waals surface area (Å²) in [5, 5.41) is 0. The lowest BCUT2D eigenvalue weighted by molar-refractivity contribution is 0.384. The lowest BCUT2D eigenvalue weighted by Gasteiger charge is -2.24. The van der Waals surface area contributed by atoms with Crippen molar-refractivity contribution in [3.05, 3.63) is 29.3 Å². The fourth-order valence-electron chi connectivity index (χ4n) is 2.73. The highest BCUT2D eigenvalue weighted by molar-refractivity contribution is 5.49. The van der Waals surface area contributed by atoms with Gasteiger partial charge in [0.05, 0.1) is 7.11 Å². The quantitative estimate of drug-likeness (QED) is 0.648. The Kier molecular flexibility index (Phi) is 6.10. The van der Waals surface area contributed by atoms with E-state index in [0.29, 0.717) is 17.3 Å². The highest BCUT2D eigenvalue weighted by Gasteiger charge is 2.41. The van der Waals surface area contributed by atoms with Crippen molar-refractivity contribution in [2.75, 3.05) is 7.11 Å². The third kappa shape index (κ3) is 3.37. The van der Waals surface area contributed by atoms with E-state index in [0.717, 1.165) is 5.75 Å². The van der Waals surface area contributed by atoms with E-state index in [-0.39, 0.29) is 0 Å². The predicted octanol–water partition coefficient (Wildman–Crippen LogP) is 5.92. The smallest absolute Gasteiger partial charge is 0.126 e. The van der Waals surface area contributed by atoms with Crippen molar-refractivity contribution in [3.63, 3.8) is 0 Å². The monoisotopic (exact) mass is 276 g/mol. The summed E-state index contributed by atoms with van der Waals surface area (Å²) < 4.78 is 5.76. The topological polar surface area (TPSA) is 9.23 Å². The summed E-state index contributed by atoms with van der Waals surface area (Å²) in [7, 11) is 1.82. The molecule has 0 bridgehead atoms. The van der Waals surface area contributed by atoms with Gasteiger partial charge in [-0.05, 0) is 35.7 Å². The van der Waals surface area contributed by atoms with E-state index >= 15 is 0 Å². The van der Waals surface area contributed by atoms with Crippen LogP contribution in [0, 0.1) is 5.92 Å². The van der Waals surface area contributed by atoms with Crippen LogP contribution in [-0.2, 0) is 5.41 Å². The van der Waals surface area contributed by atoms with Crippen LogP contribution in [0.25, 0.3) is 0 Å². The van der Waals surface area contributed by atoms with Crippen molar-refractivity contribution in [1.82, 2.24) is 0 Å². The van der Waals surface area contributed by atoms with Gasteiger partial charge in [-0.25, -0.2) is 0 Å². The SMILES string of the molecule is CC.CCC(C)C(C)c1cccc(C2(C)CC2)c1OC. The fraction of sp³-hybridized carbons (Fsp3) is 0.684. The van der Waals surface area contributed by atoms with E-state index < -0.39 is 0 Å². The zero-order valence-electron chi connectivity index (χ0n) is 14.4. The van der Waals surface area contributed by atoms with Crippen molar-refractivity contribution in [3.8, 4) is 5.75 Å². The molecule has 0 heterocycles. The molecule has 0 amide bonds. The molecule has 2 unspecified atom stereocenters. The van der Waals surface area contributed by atoms with E-state index in [1.165, 1.54) is 30.4 Å². The van der Waals surface area contributed by atoms with Gasteiger partial charge in [0.2, 0.25) is 0 Å². The van der Waals surface area contributed by atoms with Crippen LogP contribution < -0.4 is 4.74 Å². The number of para-hydroxylation sites is 1. The first-order chi connectivity index (χ1) is 9.53. The number of benzene rings is 1. The molecule has 2 atom stereocenters. The summed E-state index contributed by atoms with van der Waals surface area (Å²) in [6.07, 6.45) is 3.81. The van der Waals surface area contributed by atoms with Crippen molar-refractivity contribution >= 4 is 0 Å². The summed E-state index contributed by atoms with van der Waals surface area (Å²) in [4.78, 5) is 0. The minimum Gasteiger partial charge on any atom is -0.496 e. The second-order valence-electron chi connectivity index (χ2n) is 6.16. The first kappa shape index (κ1) is 17.1. The molecule has 0 spiro atoms. The summed E-state index contributed by atoms with van der Waals surface area (Å²) in [6, 6.07) is 6.69. The molecule has 1 aliphatic carbocycles. The Hall–Kier alpha value is -0.980. The zero-order chi connectivity index (χ0) is 15.3. The molecular formula is C19H32O. The summed E-state index contributed by atoms with van der Waals surface area (Å²) in [6.45, 7) is 13.3. The van der Waals surface area contributed by atoms with Crippen LogP contribution in [0.5, 0.6) is 5.75 Å². The maximum Gasteiger partial charge on any atom is 0.126 e. The third-order valence-electron chi connectivity index (χ3n) is 4.89.